The van der Waals surface area contributed by atoms with Crippen LogP contribution in [0.2, 0.25) is 0 Å². The Morgan fingerprint density at radius 2 is 1.83 bits per heavy atom. The summed E-state index contributed by atoms with van der Waals surface area (Å²) in [6.07, 6.45) is -2.42. The van der Waals surface area contributed by atoms with Crippen molar-refractivity contribution in [2.24, 2.45) is 7.05 Å². The molecule has 0 N–H and O–H groups in total. The van der Waals surface area contributed by atoms with Crippen molar-refractivity contribution in [2.45, 2.75) is 10.6 Å². The van der Waals surface area contributed by atoms with E-state index < -0.39 is 11.7 Å². The SMILES string of the molecule is Cn1cc(CI)c(-c2ccc(C(F)(F)F)cc2)n1. The van der Waals surface area contributed by atoms with Crippen molar-refractivity contribution in [2.75, 3.05) is 0 Å². The van der Waals surface area contributed by atoms with Gasteiger partial charge in [0.1, 0.15) is 0 Å². The lowest BCUT2D eigenvalue weighted by Gasteiger charge is -2.07. The van der Waals surface area contributed by atoms with Crippen molar-refractivity contribution >= 4 is 22.6 Å². The maximum Gasteiger partial charge on any atom is 0.416 e. The second kappa shape index (κ2) is 4.91. The van der Waals surface area contributed by atoms with Gasteiger partial charge in [-0.25, -0.2) is 0 Å². The van der Waals surface area contributed by atoms with E-state index in [1.807, 2.05) is 6.20 Å². The number of aromatic nitrogens is 2. The van der Waals surface area contributed by atoms with Crippen LogP contribution in [0.5, 0.6) is 0 Å². The van der Waals surface area contributed by atoms with E-state index in [4.69, 9.17) is 0 Å². The first-order valence-electron chi connectivity index (χ1n) is 5.18. The van der Waals surface area contributed by atoms with E-state index >= 15 is 0 Å². The van der Waals surface area contributed by atoms with Crippen molar-refractivity contribution < 1.29 is 13.2 Å². The van der Waals surface area contributed by atoms with E-state index in [2.05, 4.69) is 27.7 Å². The fourth-order valence-electron chi connectivity index (χ4n) is 1.70. The summed E-state index contributed by atoms with van der Waals surface area (Å²) in [4.78, 5) is 0. The van der Waals surface area contributed by atoms with Crippen LogP contribution in [0.1, 0.15) is 11.1 Å². The molecule has 0 unspecified atom stereocenters. The van der Waals surface area contributed by atoms with E-state index in [0.29, 0.717) is 5.56 Å². The van der Waals surface area contributed by atoms with E-state index in [0.717, 1.165) is 27.8 Å². The molecule has 1 aromatic carbocycles. The molecule has 0 bridgehead atoms. The summed E-state index contributed by atoms with van der Waals surface area (Å²) >= 11 is 2.21. The normalized spacial score (nSPS) is 11.8. The first-order chi connectivity index (χ1) is 8.41. The van der Waals surface area contributed by atoms with Gasteiger partial charge in [0, 0.05) is 28.8 Å². The lowest BCUT2D eigenvalue weighted by Crippen LogP contribution is -2.04. The number of alkyl halides is 4. The van der Waals surface area contributed by atoms with Crippen molar-refractivity contribution in [3.8, 4) is 11.3 Å². The Hall–Kier alpha value is -1.05. The third kappa shape index (κ3) is 2.68. The van der Waals surface area contributed by atoms with Crippen molar-refractivity contribution in [3.05, 3.63) is 41.6 Å². The topological polar surface area (TPSA) is 17.8 Å². The average molecular weight is 366 g/mol. The van der Waals surface area contributed by atoms with Gasteiger partial charge in [0.2, 0.25) is 0 Å². The fraction of sp³-hybridized carbons (Fsp3) is 0.250. The van der Waals surface area contributed by atoms with Crippen LogP contribution in [0, 0.1) is 0 Å². The van der Waals surface area contributed by atoms with E-state index in [1.165, 1.54) is 12.1 Å². The molecule has 0 atom stereocenters. The highest BCUT2D eigenvalue weighted by Gasteiger charge is 2.30. The molecule has 2 rings (SSSR count). The molecule has 0 saturated heterocycles. The van der Waals surface area contributed by atoms with Crippen LogP contribution in [-0.2, 0) is 17.7 Å². The molecule has 1 aromatic heterocycles. The zero-order valence-corrected chi connectivity index (χ0v) is 11.7. The molecule has 0 aliphatic heterocycles. The van der Waals surface area contributed by atoms with Gasteiger partial charge in [-0.05, 0) is 12.1 Å². The number of benzene rings is 1. The Bertz CT molecular complexity index is 543. The molecular formula is C12H10F3IN2. The van der Waals surface area contributed by atoms with E-state index in [-0.39, 0.29) is 0 Å². The summed E-state index contributed by atoms with van der Waals surface area (Å²) < 4.78 is 39.8. The number of rotatable bonds is 2. The minimum atomic E-state index is -4.30. The monoisotopic (exact) mass is 366 g/mol. The number of hydrogen-bond acceptors (Lipinski definition) is 1. The predicted octanol–water partition coefficient (Wildman–Crippen LogP) is 4.04. The molecule has 0 aliphatic rings. The molecular weight excluding hydrogens is 356 g/mol. The van der Waals surface area contributed by atoms with E-state index in [9.17, 15) is 13.2 Å². The van der Waals surface area contributed by atoms with Crippen molar-refractivity contribution in [1.82, 2.24) is 9.78 Å². The molecule has 0 fully saturated rings. The Morgan fingerprint density at radius 1 is 1.22 bits per heavy atom. The predicted molar refractivity (Wildman–Crippen MR) is 71.4 cm³/mol. The summed E-state index contributed by atoms with van der Waals surface area (Å²) in [7, 11) is 1.80. The highest BCUT2D eigenvalue weighted by atomic mass is 127. The molecule has 18 heavy (non-hydrogen) atoms. The highest BCUT2D eigenvalue weighted by Crippen LogP contribution is 2.31. The van der Waals surface area contributed by atoms with Crippen LogP contribution in [-0.4, -0.2) is 9.78 Å². The lowest BCUT2D eigenvalue weighted by atomic mass is 10.1. The molecule has 6 heteroatoms. The molecule has 0 saturated carbocycles. The van der Waals surface area contributed by atoms with Gasteiger partial charge < -0.3 is 0 Å². The van der Waals surface area contributed by atoms with E-state index in [1.54, 1.807) is 11.7 Å². The van der Waals surface area contributed by atoms with Gasteiger partial charge in [-0.3, -0.25) is 4.68 Å². The van der Waals surface area contributed by atoms with Crippen LogP contribution < -0.4 is 0 Å². The van der Waals surface area contributed by atoms with Crippen LogP contribution in [0.3, 0.4) is 0 Å². The number of halogens is 4. The Labute approximate surface area is 116 Å². The van der Waals surface area contributed by atoms with Gasteiger partial charge in [-0.15, -0.1) is 0 Å². The maximum atomic E-state index is 12.5. The van der Waals surface area contributed by atoms with Gasteiger partial charge in [0.25, 0.3) is 0 Å². The van der Waals surface area contributed by atoms with Crippen LogP contribution in [0.25, 0.3) is 11.3 Å². The standard InChI is InChI=1S/C12H10F3IN2/c1-18-7-9(6-16)11(17-18)8-2-4-10(5-3-8)12(13,14)15/h2-5,7H,6H2,1H3. The zero-order valence-electron chi connectivity index (χ0n) is 9.50. The molecule has 2 aromatic rings. The summed E-state index contributed by atoms with van der Waals surface area (Å²) in [5.41, 5.74) is 1.81. The van der Waals surface area contributed by atoms with Gasteiger partial charge in [0.05, 0.1) is 11.3 Å². The van der Waals surface area contributed by atoms with Crippen LogP contribution >= 0.6 is 22.6 Å². The molecule has 0 spiro atoms. The minimum absolute atomic E-state index is 0.641. The molecule has 0 aliphatic carbocycles. The molecule has 2 nitrogen and oxygen atoms in total. The molecule has 96 valence electrons. The Morgan fingerprint density at radius 3 is 2.33 bits per heavy atom. The number of hydrogen-bond donors (Lipinski definition) is 0. The third-order valence-electron chi connectivity index (χ3n) is 2.53. The van der Waals surface area contributed by atoms with Gasteiger partial charge in [0.15, 0.2) is 0 Å². The second-order valence-electron chi connectivity index (χ2n) is 3.89. The first kappa shape index (κ1) is 13.4. The largest absolute Gasteiger partial charge is 0.416 e. The molecule has 0 amide bonds. The second-order valence-corrected chi connectivity index (χ2v) is 4.65. The van der Waals surface area contributed by atoms with Crippen molar-refractivity contribution in [1.29, 1.82) is 0 Å². The summed E-state index contributed by atoms with van der Waals surface area (Å²) in [5.74, 6) is 0. The fourth-order valence-corrected chi connectivity index (χ4v) is 2.25. The summed E-state index contributed by atoms with van der Waals surface area (Å²) in [5, 5.41) is 4.27. The van der Waals surface area contributed by atoms with Gasteiger partial charge in [-0.2, -0.15) is 18.3 Å². The summed E-state index contributed by atoms with van der Waals surface area (Å²) in [6, 6.07) is 5.09. The molecule has 0 radical (unpaired) electrons. The van der Waals surface area contributed by atoms with Crippen LogP contribution in [0.4, 0.5) is 13.2 Å². The van der Waals surface area contributed by atoms with Gasteiger partial charge in [-0.1, -0.05) is 34.7 Å². The highest BCUT2D eigenvalue weighted by molar-refractivity contribution is 14.1. The number of nitrogens with zero attached hydrogens (tertiary/aromatic N) is 2. The Kier molecular flexibility index (Phi) is 3.65. The smallest absolute Gasteiger partial charge is 0.275 e. The first-order valence-corrected chi connectivity index (χ1v) is 6.70. The molecule has 1 heterocycles. The Balaban J connectivity index is 2.40. The lowest BCUT2D eigenvalue weighted by molar-refractivity contribution is -0.137. The van der Waals surface area contributed by atoms with Crippen molar-refractivity contribution in [3.63, 3.8) is 0 Å². The quantitative estimate of drug-likeness (QED) is 0.580. The summed E-state index contributed by atoms with van der Waals surface area (Å²) in [6.45, 7) is 0. The number of aryl methyl sites for hydroxylation is 1. The van der Waals surface area contributed by atoms with Gasteiger partial charge >= 0.3 is 6.18 Å². The zero-order chi connectivity index (χ0) is 13.3. The minimum Gasteiger partial charge on any atom is -0.275 e. The maximum absolute atomic E-state index is 12.5. The average Bonchev–Trinajstić information content (AvgIpc) is 2.69. The third-order valence-corrected chi connectivity index (χ3v) is 3.36. The van der Waals surface area contributed by atoms with Crippen LogP contribution in [0.15, 0.2) is 30.5 Å².